The van der Waals surface area contributed by atoms with Crippen LogP contribution in [-0.4, -0.2) is 34.4 Å². The standard InChI is InChI=1S/C20H23N3O3/c1-14-7-6-8-15(11-14)18(24)21-17-12-16(13-22(2)20(17)26)19(25)23-9-4-3-5-10-23/h6-8,11-13H,3-5,9-10H2,1-2H3,(H,21,24). The van der Waals surface area contributed by atoms with E-state index in [9.17, 15) is 14.4 Å². The summed E-state index contributed by atoms with van der Waals surface area (Å²) in [6.07, 6.45) is 4.65. The number of rotatable bonds is 3. The van der Waals surface area contributed by atoms with Crippen LogP contribution < -0.4 is 10.9 Å². The van der Waals surface area contributed by atoms with Crippen LogP contribution in [0.3, 0.4) is 0 Å². The number of hydrogen-bond donors (Lipinski definition) is 1. The van der Waals surface area contributed by atoms with Crippen molar-refractivity contribution in [2.45, 2.75) is 26.2 Å². The molecule has 6 heteroatoms. The number of hydrogen-bond acceptors (Lipinski definition) is 3. The van der Waals surface area contributed by atoms with Crippen LogP contribution >= 0.6 is 0 Å². The molecule has 0 aliphatic carbocycles. The summed E-state index contributed by atoms with van der Waals surface area (Å²) in [5.74, 6) is -0.472. The number of likely N-dealkylation sites (tertiary alicyclic amines) is 1. The van der Waals surface area contributed by atoms with Crippen molar-refractivity contribution < 1.29 is 9.59 Å². The molecule has 0 bridgehead atoms. The van der Waals surface area contributed by atoms with Crippen LogP contribution in [0.2, 0.25) is 0 Å². The lowest BCUT2D eigenvalue weighted by molar-refractivity contribution is 0.0723. The third kappa shape index (κ3) is 3.85. The molecule has 1 saturated heterocycles. The molecule has 0 spiro atoms. The smallest absolute Gasteiger partial charge is 0.274 e. The van der Waals surface area contributed by atoms with E-state index in [4.69, 9.17) is 0 Å². The van der Waals surface area contributed by atoms with Crippen molar-refractivity contribution in [2.75, 3.05) is 18.4 Å². The lowest BCUT2D eigenvalue weighted by Crippen LogP contribution is -2.36. The number of carbonyl (C=O) groups is 2. The van der Waals surface area contributed by atoms with E-state index in [1.165, 1.54) is 16.8 Å². The summed E-state index contributed by atoms with van der Waals surface area (Å²) in [5.41, 5.74) is 1.61. The number of nitrogens with one attached hydrogen (secondary N) is 1. The second-order valence-electron chi connectivity index (χ2n) is 6.73. The van der Waals surface area contributed by atoms with Gasteiger partial charge in [0, 0.05) is 31.9 Å². The topological polar surface area (TPSA) is 71.4 Å². The van der Waals surface area contributed by atoms with Gasteiger partial charge in [-0.15, -0.1) is 0 Å². The highest BCUT2D eigenvalue weighted by atomic mass is 16.2. The van der Waals surface area contributed by atoms with Gasteiger partial charge in [-0.2, -0.15) is 0 Å². The minimum Gasteiger partial charge on any atom is -0.339 e. The molecule has 0 unspecified atom stereocenters. The zero-order valence-electron chi connectivity index (χ0n) is 15.1. The maximum Gasteiger partial charge on any atom is 0.274 e. The van der Waals surface area contributed by atoms with E-state index < -0.39 is 0 Å². The highest BCUT2D eigenvalue weighted by Gasteiger charge is 2.20. The summed E-state index contributed by atoms with van der Waals surface area (Å²) in [5, 5.41) is 2.65. The van der Waals surface area contributed by atoms with Gasteiger partial charge in [-0.1, -0.05) is 17.7 Å². The minimum atomic E-state index is -0.367. The number of nitrogens with zero attached hydrogens (tertiary/aromatic N) is 2. The third-order valence-corrected chi connectivity index (χ3v) is 4.60. The Kier molecular flexibility index (Phi) is 5.21. The number of anilines is 1. The molecule has 0 saturated carbocycles. The molecule has 0 atom stereocenters. The first-order chi connectivity index (χ1) is 12.5. The van der Waals surface area contributed by atoms with Crippen LogP contribution in [0.15, 0.2) is 41.3 Å². The zero-order valence-corrected chi connectivity index (χ0v) is 15.1. The molecule has 2 heterocycles. The van der Waals surface area contributed by atoms with Crippen LogP contribution in [0.25, 0.3) is 0 Å². The van der Waals surface area contributed by atoms with Gasteiger partial charge in [0.25, 0.3) is 17.4 Å². The molecule has 6 nitrogen and oxygen atoms in total. The Balaban J connectivity index is 1.87. The summed E-state index contributed by atoms with van der Waals surface area (Å²) in [4.78, 5) is 39.3. The van der Waals surface area contributed by atoms with Crippen molar-refractivity contribution in [3.8, 4) is 0 Å². The highest BCUT2D eigenvalue weighted by Crippen LogP contribution is 2.15. The van der Waals surface area contributed by atoms with Gasteiger partial charge in [-0.25, -0.2) is 0 Å². The van der Waals surface area contributed by atoms with E-state index in [1.54, 1.807) is 30.1 Å². The van der Waals surface area contributed by atoms with E-state index >= 15 is 0 Å². The van der Waals surface area contributed by atoms with Crippen molar-refractivity contribution >= 4 is 17.5 Å². The first-order valence-electron chi connectivity index (χ1n) is 8.83. The maximum atomic E-state index is 12.7. The molecular formula is C20H23N3O3. The second-order valence-corrected chi connectivity index (χ2v) is 6.73. The van der Waals surface area contributed by atoms with Crippen molar-refractivity contribution in [1.82, 2.24) is 9.47 Å². The number of piperidine rings is 1. The van der Waals surface area contributed by atoms with Crippen molar-refractivity contribution in [3.63, 3.8) is 0 Å². The Bertz CT molecular complexity index is 895. The number of amides is 2. The quantitative estimate of drug-likeness (QED) is 0.922. The molecule has 1 aromatic carbocycles. The molecular weight excluding hydrogens is 330 g/mol. The van der Waals surface area contributed by atoms with Gasteiger partial charge in [0.2, 0.25) is 0 Å². The van der Waals surface area contributed by atoms with Gasteiger partial charge in [0.1, 0.15) is 5.69 Å². The minimum absolute atomic E-state index is 0.105. The van der Waals surface area contributed by atoms with Crippen LogP contribution in [0.4, 0.5) is 5.69 Å². The number of aromatic nitrogens is 1. The molecule has 1 aliphatic heterocycles. The summed E-state index contributed by atoms with van der Waals surface area (Å²) in [6.45, 7) is 3.35. The van der Waals surface area contributed by atoms with Gasteiger partial charge in [0.15, 0.2) is 0 Å². The fraction of sp³-hybridized carbons (Fsp3) is 0.350. The molecule has 1 N–H and O–H groups in total. The Morgan fingerprint density at radius 3 is 2.46 bits per heavy atom. The van der Waals surface area contributed by atoms with E-state index in [1.807, 2.05) is 13.0 Å². The molecule has 1 aromatic heterocycles. The number of carbonyl (C=O) groups excluding carboxylic acids is 2. The lowest BCUT2D eigenvalue weighted by atomic mass is 10.1. The molecule has 1 aliphatic rings. The largest absolute Gasteiger partial charge is 0.339 e. The van der Waals surface area contributed by atoms with Crippen molar-refractivity contribution in [1.29, 1.82) is 0 Å². The predicted molar refractivity (Wildman–Crippen MR) is 101 cm³/mol. The van der Waals surface area contributed by atoms with E-state index in [-0.39, 0.29) is 23.1 Å². The van der Waals surface area contributed by atoms with Crippen LogP contribution in [-0.2, 0) is 7.05 Å². The van der Waals surface area contributed by atoms with Crippen LogP contribution in [0.5, 0.6) is 0 Å². The average molecular weight is 353 g/mol. The molecule has 0 radical (unpaired) electrons. The molecule has 2 amide bonds. The molecule has 3 rings (SSSR count). The number of pyridine rings is 1. The average Bonchev–Trinajstić information content (AvgIpc) is 2.65. The monoisotopic (exact) mass is 353 g/mol. The van der Waals surface area contributed by atoms with Gasteiger partial charge in [-0.3, -0.25) is 14.4 Å². The lowest BCUT2D eigenvalue weighted by Gasteiger charge is -2.27. The van der Waals surface area contributed by atoms with Gasteiger partial charge >= 0.3 is 0 Å². The Hall–Kier alpha value is -2.89. The molecule has 1 fully saturated rings. The fourth-order valence-electron chi connectivity index (χ4n) is 3.18. The normalized spacial score (nSPS) is 14.2. The van der Waals surface area contributed by atoms with Gasteiger partial charge in [0.05, 0.1) is 5.56 Å². The number of aryl methyl sites for hydroxylation is 2. The number of benzene rings is 1. The Morgan fingerprint density at radius 1 is 1.04 bits per heavy atom. The SMILES string of the molecule is Cc1cccc(C(=O)Nc2cc(C(=O)N3CCCCC3)cn(C)c2=O)c1. The molecule has 2 aromatic rings. The fourth-order valence-corrected chi connectivity index (χ4v) is 3.18. The molecule has 26 heavy (non-hydrogen) atoms. The van der Waals surface area contributed by atoms with Crippen molar-refractivity contribution in [2.24, 2.45) is 7.05 Å². The first kappa shape index (κ1) is 17.9. The highest BCUT2D eigenvalue weighted by molar-refractivity contribution is 6.05. The van der Waals surface area contributed by atoms with Crippen LogP contribution in [0.1, 0.15) is 45.5 Å². The van der Waals surface area contributed by atoms with Crippen molar-refractivity contribution in [3.05, 3.63) is 63.6 Å². The first-order valence-corrected chi connectivity index (χ1v) is 8.83. The predicted octanol–water partition coefficient (Wildman–Crippen LogP) is 2.57. The third-order valence-electron chi connectivity index (χ3n) is 4.60. The summed E-state index contributed by atoms with van der Waals surface area (Å²) < 4.78 is 1.34. The summed E-state index contributed by atoms with van der Waals surface area (Å²) in [7, 11) is 1.58. The van der Waals surface area contributed by atoms with Crippen LogP contribution in [0, 0.1) is 6.92 Å². The zero-order chi connectivity index (χ0) is 18.7. The summed E-state index contributed by atoms with van der Waals surface area (Å²) in [6, 6.07) is 8.61. The van der Waals surface area contributed by atoms with Gasteiger partial charge < -0.3 is 14.8 Å². The van der Waals surface area contributed by atoms with E-state index in [2.05, 4.69) is 5.32 Å². The Labute approximate surface area is 152 Å². The van der Waals surface area contributed by atoms with E-state index in [0.717, 1.165) is 37.9 Å². The maximum absolute atomic E-state index is 12.7. The molecule has 136 valence electrons. The van der Waals surface area contributed by atoms with E-state index in [0.29, 0.717) is 11.1 Å². The van der Waals surface area contributed by atoms with Gasteiger partial charge in [-0.05, 0) is 44.4 Å². The Morgan fingerprint density at radius 2 is 1.77 bits per heavy atom. The summed E-state index contributed by atoms with van der Waals surface area (Å²) >= 11 is 0. The second kappa shape index (κ2) is 7.56.